The van der Waals surface area contributed by atoms with Crippen LogP contribution in [0.4, 0.5) is 0 Å². The topological polar surface area (TPSA) is 95.2 Å². The van der Waals surface area contributed by atoms with E-state index in [1.807, 2.05) is 29.6 Å². The number of nitrogens with zero attached hydrogens (tertiary/aromatic N) is 1. The smallest absolute Gasteiger partial charge is 0.260 e. The molecule has 25 heavy (non-hydrogen) atoms. The molecule has 2 heterocycles. The maximum absolute atomic E-state index is 12.7. The van der Waals surface area contributed by atoms with Gasteiger partial charge in [-0.25, -0.2) is 4.99 Å². The van der Waals surface area contributed by atoms with Gasteiger partial charge in [0.2, 0.25) is 5.75 Å². The summed E-state index contributed by atoms with van der Waals surface area (Å²) in [6, 6.07) is 7.39. The molecule has 1 atom stereocenters. The van der Waals surface area contributed by atoms with Crippen molar-refractivity contribution >= 4 is 23.2 Å². The maximum Gasteiger partial charge on any atom is 0.260 e. The Morgan fingerprint density at radius 3 is 2.32 bits per heavy atom. The van der Waals surface area contributed by atoms with Crippen molar-refractivity contribution in [3.63, 3.8) is 0 Å². The predicted octanol–water partition coefficient (Wildman–Crippen LogP) is 1.66. The Morgan fingerprint density at radius 2 is 1.88 bits per heavy atom. The molecule has 0 bridgehead atoms. The van der Waals surface area contributed by atoms with Crippen LogP contribution in [0.1, 0.15) is 10.4 Å². The first-order chi connectivity index (χ1) is 12.0. The van der Waals surface area contributed by atoms with Crippen molar-refractivity contribution in [3.8, 4) is 17.2 Å². The lowest BCUT2D eigenvalue weighted by atomic mass is 9.89. The first-order valence-electron chi connectivity index (χ1n) is 7.53. The fourth-order valence-electron chi connectivity index (χ4n) is 2.92. The van der Waals surface area contributed by atoms with E-state index in [0.29, 0.717) is 23.7 Å². The van der Waals surface area contributed by atoms with Gasteiger partial charge in [-0.15, -0.1) is 11.3 Å². The number of nitrogens with one attached hydrogen (secondary N) is 1. The standard InChI is InChI=1S/C17H19N3O4S/c1-22-11-7-10(8-12(23-2)14(11)24-3)9-17(13-5-4-6-25-13)15(21)19-16(18)20-17/h4-8H,9H2,1-3H3,(H3,18,19,20,21)/t17-/m0/s1. The minimum atomic E-state index is -1.09. The summed E-state index contributed by atoms with van der Waals surface area (Å²) < 4.78 is 16.1. The van der Waals surface area contributed by atoms with Crippen LogP contribution in [0.5, 0.6) is 17.2 Å². The van der Waals surface area contributed by atoms with Crippen LogP contribution in [0.3, 0.4) is 0 Å². The van der Waals surface area contributed by atoms with Gasteiger partial charge in [-0.1, -0.05) is 6.07 Å². The van der Waals surface area contributed by atoms with E-state index < -0.39 is 5.54 Å². The number of benzene rings is 1. The molecule has 132 valence electrons. The van der Waals surface area contributed by atoms with Crippen molar-refractivity contribution in [1.29, 1.82) is 0 Å². The fourth-order valence-corrected chi connectivity index (χ4v) is 3.79. The maximum atomic E-state index is 12.7. The second kappa shape index (κ2) is 6.64. The number of rotatable bonds is 6. The van der Waals surface area contributed by atoms with E-state index in [4.69, 9.17) is 19.9 Å². The highest BCUT2D eigenvalue weighted by molar-refractivity contribution is 7.10. The molecule has 1 aromatic heterocycles. The summed E-state index contributed by atoms with van der Waals surface area (Å²) in [5.74, 6) is 1.41. The SMILES string of the molecule is COc1cc(C[C@@]2(c3cccs3)N=C(N)NC2=O)cc(OC)c1OC. The van der Waals surface area contributed by atoms with E-state index in [1.54, 1.807) is 21.3 Å². The molecule has 0 spiro atoms. The Balaban J connectivity index is 2.09. The molecule has 1 aliphatic heterocycles. The van der Waals surface area contributed by atoms with Crippen LogP contribution >= 0.6 is 11.3 Å². The number of thiophene rings is 1. The fraction of sp³-hybridized carbons (Fsp3) is 0.294. The lowest BCUT2D eigenvalue weighted by Crippen LogP contribution is -2.39. The highest BCUT2D eigenvalue weighted by Gasteiger charge is 2.46. The monoisotopic (exact) mass is 361 g/mol. The number of carbonyl (C=O) groups is 1. The van der Waals surface area contributed by atoms with Crippen molar-refractivity contribution in [1.82, 2.24) is 5.32 Å². The summed E-state index contributed by atoms with van der Waals surface area (Å²) in [5, 5.41) is 4.51. The predicted molar refractivity (Wildman–Crippen MR) is 95.6 cm³/mol. The van der Waals surface area contributed by atoms with Gasteiger partial charge < -0.3 is 19.9 Å². The lowest BCUT2D eigenvalue weighted by Gasteiger charge is -2.23. The third kappa shape index (κ3) is 2.89. The second-order valence-electron chi connectivity index (χ2n) is 5.50. The molecule has 0 aliphatic carbocycles. The summed E-state index contributed by atoms with van der Waals surface area (Å²) in [6.45, 7) is 0. The molecule has 0 saturated carbocycles. The van der Waals surface area contributed by atoms with Gasteiger partial charge >= 0.3 is 0 Å². The zero-order chi connectivity index (χ0) is 18.0. The van der Waals surface area contributed by atoms with Crippen LogP contribution in [-0.4, -0.2) is 33.2 Å². The van der Waals surface area contributed by atoms with E-state index in [0.717, 1.165) is 10.4 Å². The molecule has 0 radical (unpaired) electrons. The molecule has 3 rings (SSSR count). The van der Waals surface area contributed by atoms with Gasteiger partial charge in [-0.3, -0.25) is 10.1 Å². The summed E-state index contributed by atoms with van der Waals surface area (Å²) in [6.07, 6.45) is 0.316. The molecule has 1 amide bonds. The number of hydrogen-bond acceptors (Lipinski definition) is 7. The number of guanidine groups is 1. The molecule has 1 aliphatic rings. The number of methoxy groups -OCH3 is 3. The molecule has 0 saturated heterocycles. The van der Waals surface area contributed by atoms with E-state index in [2.05, 4.69) is 10.3 Å². The average molecular weight is 361 g/mol. The highest BCUT2D eigenvalue weighted by Crippen LogP contribution is 2.42. The first kappa shape index (κ1) is 17.1. The van der Waals surface area contributed by atoms with E-state index in [-0.39, 0.29) is 11.9 Å². The summed E-state index contributed by atoms with van der Waals surface area (Å²) >= 11 is 1.46. The molecular formula is C17H19N3O4S. The molecule has 8 heteroatoms. The number of carbonyl (C=O) groups excluding carboxylic acids is 1. The van der Waals surface area contributed by atoms with E-state index in [1.165, 1.54) is 11.3 Å². The van der Waals surface area contributed by atoms with Gasteiger partial charge in [0.05, 0.1) is 21.3 Å². The van der Waals surface area contributed by atoms with Crippen molar-refractivity contribution in [3.05, 3.63) is 40.1 Å². The Kier molecular flexibility index (Phi) is 4.54. The van der Waals surface area contributed by atoms with Gasteiger partial charge in [-0.2, -0.15) is 0 Å². The first-order valence-corrected chi connectivity index (χ1v) is 8.41. The van der Waals surface area contributed by atoms with E-state index in [9.17, 15) is 4.79 Å². The van der Waals surface area contributed by atoms with Crippen LogP contribution in [0.15, 0.2) is 34.6 Å². The van der Waals surface area contributed by atoms with Crippen LogP contribution < -0.4 is 25.3 Å². The molecule has 7 nitrogen and oxygen atoms in total. The van der Waals surface area contributed by atoms with Gasteiger partial charge in [0.25, 0.3) is 5.91 Å². The third-order valence-electron chi connectivity index (χ3n) is 4.04. The number of nitrogens with two attached hydrogens (primary N) is 1. The minimum Gasteiger partial charge on any atom is -0.493 e. The van der Waals surface area contributed by atoms with Crippen molar-refractivity contribution in [2.75, 3.05) is 21.3 Å². The summed E-state index contributed by atoms with van der Waals surface area (Å²) in [7, 11) is 4.64. The highest BCUT2D eigenvalue weighted by atomic mass is 32.1. The van der Waals surface area contributed by atoms with Gasteiger partial charge in [-0.05, 0) is 29.1 Å². The second-order valence-corrected chi connectivity index (χ2v) is 6.45. The Hall–Kier alpha value is -2.74. The lowest BCUT2D eigenvalue weighted by molar-refractivity contribution is -0.123. The third-order valence-corrected chi connectivity index (χ3v) is 5.06. The van der Waals surface area contributed by atoms with Crippen molar-refractivity contribution in [2.45, 2.75) is 12.0 Å². The number of hydrogen-bond donors (Lipinski definition) is 2. The quantitative estimate of drug-likeness (QED) is 0.816. The molecule has 2 aromatic rings. The summed E-state index contributed by atoms with van der Waals surface area (Å²) in [5.41, 5.74) is 5.49. The Morgan fingerprint density at radius 1 is 1.20 bits per heavy atom. The van der Waals surface area contributed by atoms with Gasteiger partial charge in [0, 0.05) is 11.3 Å². The zero-order valence-electron chi connectivity index (χ0n) is 14.2. The number of amides is 1. The molecule has 3 N–H and O–H groups in total. The number of aliphatic imine (C=N–C) groups is 1. The Bertz CT molecular complexity index is 794. The largest absolute Gasteiger partial charge is 0.493 e. The van der Waals surface area contributed by atoms with Crippen molar-refractivity contribution in [2.24, 2.45) is 10.7 Å². The molecule has 0 unspecified atom stereocenters. The minimum absolute atomic E-state index is 0.117. The molecule has 0 fully saturated rings. The average Bonchev–Trinajstić information content (AvgIpc) is 3.23. The normalized spacial score (nSPS) is 19.3. The van der Waals surface area contributed by atoms with E-state index >= 15 is 0 Å². The Labute approximate surface area is 149 Å². The molecule has 1 aromatic carbocycles. The van der Waals surface area contributed by atoms with Crippen LogP contribution in [0.25, 0.3) is 0 Å². The summed E-state index contributed by atoms with van der Waals surface area (Å²) in [4.78, 5) is 17.9. The van der Waals surface area contributed by atoms with Crippen molar-refractivity contribution < 1.29 is 19.0 Å². The zero-order valence-corrected chi connectivity index (χ0v) is 15.0. The van der Waals surface area contributed by atoms with Gasteiger partial charge in [0.15, 0.2) is 23.0 Å². The molecular weight excluding hydrogens is 342 g/mol. The van der Waals surface area contributed by atoms with Gasteiger partial charge in [0.1, 0.15) is 0 Å². The van der Waals surface area contributed by atoms with Crippen LogP contribution in [0, 0.1) is 0 Å². The van der Waals surface area contributed by atoms with Crippen LogP contribution in [0.2, 0.25) is 0 Å². The number of ether oxygens (including phenoxy) is 3. The van der Waals surface area contributed by atoms with Crippen LogP contribution in [-0.2, 0) is 16.8 Å².